The van der Waals surface area contributed by atoms with Crippen LogP contribution < -0.4 is 0 Å². The molecule has 0 N–H and O–H groups in total. The minimum Gasteiger partial charge on any atom is -0.294 e. The highest BCUT2D eigenvalue weighted by Gasteiger charge is 2.07. The number of aryl methyl sites for hydroxylation is 1. The van der Waals surface area contributed by atoms with Gasteiger partial charge in [-0.3, -0.25) is 4.79 Å². The molecule has 0 saturated heterocycles. The zero-order chi connectivity index (χ0) is 13.8. The van der Waals surface area contributed by atoms with Crippen LogP contribution in [0.15, 0.2) is 35.4 Å². The highest BCUT2D eigenvalue weighted by Crippen LogP contribution is 2.23. The molecule has 5 heteroatoms. The number of hydrogen-bond acceptors (Lipinski definition) is 4. The van der Waals surface area contributed by atoms with Crippen LogP contribution in [0.3, 0.4) is 0 Å². The number of carbonyl (C=O) groups is 1. The Kier molecular flexibility index (Phi) is 4.56. The minimum absolute atomic E-state index is 0.00518. The first-order valence-corrected chi connectivity index (χ1v) is 7.14. The maximum absolute atomic E-state index is 11.3. The van der Waals surface area contributed by atoms with Gasteiger partial charge in [0, 0.05) is 16.1 Å². The van der Waals surface area contributed by atoms with Gasteiger partial charge < -0.3 is 0 Å². The second kappa shape index (κ2) is 6.17. The fraction of sp³-hybridized carbons (Fsp3) is 0.214. The molecule has 98 valence electrons. The third kappa shape index (κ3) is 3.78. The van der Waals surface area contributed by atoms with Crippen LogP contribution in [0, 0.1) is 6.92 Å². The van der Waals surface area contributed by atoms with Crippen LogP contribution in [-0.2, 0) is 5.75 Å². The second-order valence-electron chi connectivity index (χ2n) is 4.08. The lowest BCUT2D eigenvalue weighted by Crippen LogP contribution is -2.03. The topological polar surface area (TPSA) is 42.9 Å². The van der Waals surface area contributed by atoms with E-state index in [1.54, 1.807) is 18.0 Å². The highest BCUT2D eigenvalue weighted by molar-refractivity contribution is 7.98. The van der Waals surface area contributed by atoms with Crippen molar-refractivity contribution < 1.29 is 4.79 Å². The summed E-state index contributed by atoms with van der Waals surface area (Å²) in [7, 11) is 0. The van der Waals surface area contributed by atoms with E-state index in [2.05, 4.69) is 9.97 Å². The van der Waals surface area contributed by atoms with Gasteiger partial charge in [-0.1, -0.05) is 11.6 Å². The molecule has 0 spiro atoms. The molecule has 1 aromatic carbocycles. The number of carbonyl (C=O) groups excluding carboxylic acids is 1. The molecule has 1 aromatic heterocycles. The summed E-state index contributed by atoms with van der Waals surface area (Å²) in [5.41, 5.74) is 1.31. The summed E-state index contributed by atoms with van der Waals surface area (Å²) < 4.78 is 0. The molecule has 0 saturated carbocycles. The first kappa shape index (κ1) is 14.0. The predicted octanol–water partition coefficient (Wildman–Crippen LogP) is 3.93. The molecular formula is C14H13ClN2OS. The minimum atomic E-state index is -0.00518. The Labute approximate surface area is 121 Å². The molecular weight excluding hydrogens is 280 g/mol. The van der Waals surface area contributed by atoms with Gasteiger partial charge in [0.15, 0.2) is 5.78 Å². The Morgan fingerprint density at radius 3 is 2.58 bits per heavy atom. The molecule has 1 heterocycles. The summed E-state index contributed by atoms with van der Waals surface area (Å²) in [5.74, 6) is 1.39. The molecule has 0 fully saturated rings. The maximum atomic E-state index is 11.3. The summed E-state index contributed by atoms with van der Waals surface area (Å²) in [6.07, 6.45) is 1.60. The highest BCUT2D eigenvalue weighted by atomic mass is 35.5. The number of benzene rings is 1. The fourth-order valence-electron chi connectivity index (χ4n) is 1.61. The Balaban J connectivity index is 2.06. The number of nitrogens with zero attached hydrogens (tertiary/aromatic N) is 2. The van der Waals surface area contributed by atoms with E-state index >= 15 is 0 Å². The summed E-state index contributed by atoms with van der Waals surface area (Å²) in [6.45, 7) is 3.35. The van der Waals surface area contributed by atoms with E-state index in [9.17, 15) is 4.79 Å². The summed E-state index contributed by atoms with van der Waals surface area (Å²) >= 11 is 7.47. The number of hydrogen-bond donors (Lipinski definition) is 0. The molecule has 0 radical (unpaired) electrons. The van der Waals surface area contributed by atoms with E-state index in [-0.39, 0.29) is 5.78 Å². The van der Waals surface area contributed by atoms with Crippen LogP contribution >= 0.6 is 23.4 Å². The van der Waals surface area contributed by atoms with Crippen molar-refractivity contribution in [1.29, 1.82) is 0 Å². The van der Waals surface area contributed by atoms with E-state index in [0.717, 1.165) is 21.4 Å². The molecule has 19 heavy (non-hydrogen) atoms. The number of rotatable bonds is 4. The second-order valence-corrected chi connectivity index (χ2v) is 5.57. The standard InChI is InChI=1S/C14H13ClN2OS/c1-9-13(10(2)18)7-16-14(17-9)8-19-12-5-3-11(15)4-6-12/h3-7H,8H2,1-2H3. The van der Waals surface area contributed by atoms with Crippen molar-refractivity contribution in [3.8, 4) is 0 Å². The van der Waals surface area contributed by atoms with Crippen LogP contribution in [0.25, 0.3) is 0 Å². The van der Waals surface area contributed by atoms with E-state index in [1.807, 2.05) is 31.2 Å². The molecule has 0 bridgehead atoms. The van der Waals surface area contributed by atoms with Gasteiger partial charge in [0.1, 0.15) is 5.82 Å². The van der Waals surface area contributed by atoms with Crippen LogP contribution in [0.1, 0.15) is 28.8 Å². The Morgan fingerprint density at radius 1 is 1.32 bits per heavy atom. The SMILES string of the molecule is CC(=O)c1cnc(CSc2ccc(Cl)cc2)nc1C. The van der Waals surface area contributed by atoms with Gasteiger partial charge in [-0.25, -0.2) is 9.97 Å². The normalized spacial score (nSPS) is 10.5. The number of Topliss-reactive ketones (excluding diaryl/α,β-unsaturated/α-hetero) is 1. The summed E-state index contributed by atoms with van der Waals surface area (Å²) in [5, 5.41) is 0.724. The maximum Gasteiger partial charge on any atom is 0.163 e. The average Bonchev–Trinajstić information content (AvgIpc) is 2.37. The lowest BCUT2D eigenvalue weighted by Gasteiger charge is -2.04. The predicted molar refractivity (Wildman–Crippen MR) is 77.8 cm³/mol. The van der Waals surface area contributed by atoms with E-state index in [4.69, 9.17) is 11.6 Å². The van der Waals surface area contributed by atoms with Crippen molar-refractivity contribution in [2.24, 2.45) is 0 Å². The number of thioether (sulfide) groups is 1. The monoisotopic (exact) mass is 292 g/mol. The summed E-state index contributed by atoms with van der Waals surface area (Å²) in [4.78, 5) is 21.0. The van der Waals surface area contributed by atoms with Gasteiger partial charge >= 0.3 is 0 Å². The molecule has 0 atom stereocenters. The van der Waals surface area contributed by atoms with Crippen molar-refractivity contribution in [3.05, 3.63) is 52.6 Å². The number of halogens is 1. The Morgan fingerprint density at radius 2 is 2.00 bits per heavy atom. The number of ketones is 1. The zero-order valence-corrected chi connectivity index (χ0v) is 12.3. The molecule has 0 aliphatic heterocycles. The van der Waals surface area contributed by atoms with E-state index in [1.165, 1.54) is 6.92 Å². The van der Waals surface area contributed by atoms with Crippen molar-refractivity contribution in [2.75, 3.05) is 0 Å². The molecule has 2 aromatic rings. The van der Waals surface area contributed by atoms with E-state index in [0.29, 0.717) is 11.3 Å². The van der Waals surface area contributed by atoms with Crippen molar-refractivity contribution in [3.63, 3.8) is 0 Å². The van der Waals surface area contributed by atoms with Crippen molar-refractivity contribution in [1.82, 2.24) is 9.97 Å². The third-order valence-electron chi connectivity index (χ3n) is 2.59. The van der Waals surface area contributed by atoms with Crippen molar-refractivity contribution >= 4 is 29.1 Å². The zero-order valence-electron chi connectivity index (χ0n) is 10.7. The fourth-order valence-corrected chi connectivity index (χ4v) is 2.50. The first-order chi connectivity index (χ1) is 9.06. The third-order valence-corrected chi connectivity index (χ3v) is 3.85. The quantitative estimate of drug-likeness (QED) is 0.632. The molecule has 0 amide bonds. The van der Waals surface area contributed by atoms with Crippen LogP contribution in [0.4, 0.5) is 0 Å². The molecule has 3 nitrogen and oxygen atoms in total. The molecule has 0 unspecified atom stereocenters. The van der Waals surface area contributed by atoms with Crippen molar-refractivity contribution in [2.45, 2.75) is 24.5 Å². The van der Waals surface area contributed by atoms with Crippen LogP contribution in [-0.4, -0.2) is 15.8 Å². The van der Waals surface area contributed by atoms with Gasteiger partial charge in [-0.05, 0) is 38.1 Å². The van der Waals surface area contributed by atoms with Crippen LogP contribution in [0.5, 0.6) is 0 Å². The van der Waals surface area contributed by atoms with Gasteiger partial charge in [0.05, 0.1) is 17.0 Å². The molecule has 0 aliphatic rings. The lowest BCUT2D eigenvalue weighted by atomic mass is 10.2. The van der Waals surface area contributed by atoms with Crippen LogP contribution in [0.2, 0.25) is 5.02 Å². The molecule has 0 aliphatic carbocycles. The largest absolute Gasteiger partial charge is 0.294 e. The average molecular weight is 293 g/mol. The summed E-state index contributed by atoms with van der Waals surface area (Å²) in [6, 6.07) is 7.64. The van der Waals surface area contributed by atoms with Gasteiger partial charge in [0.2, 0.25) is 0 Å². The number of aromatic nitrogens is 2. The molecule has 2 rings (SSSR count). The Bertz CT molecular complexity index is 599. The lowest BCUT2D eigenvalue weighted by molar-refractivity contribution is 0.101. The van der Waals surface area contributed by atoms with Gasteiger partial charge in [-0.15, -0.1) is 11.8 Å². The first-order valence-electron chi connectivity index (χ1n) is 5.78. The Hall–Kier alpha value is -1.39. The van der Waals surface area contributed by atoms with Gasteiger partial charge in [0.25, 0.3) is 0 Å². The van der Waals surface area contributed by atoms with E-state index < -0.39 is 0 Å². The smallest absolute Gasteiger partial charge is 0.163 e. The van der Waals surface area contributed by atoms with Gasteiger partial charge in [-0.2, -0.15) is 0 Å².